The quantitative estimate of drug-likeness (QED) is 0.299. The smallest absolute Gasteiger partial charge is 0.416 e. The van der Waals surface area contributed by atoms with Crippen molar-refractivity contribution in [2.75, 3.05) is 38.4 Å². The van der Waals surface area contributed by atoms with Crippen molar-refractivity contribution in [3.05, 3.63) is 99.0 Å². The maximum absolute atomic E-state index is 14.9. The molecule has 0 bridgehead atoms. The summed E-state index contributed by atoms with van der Waals surface area (Å²) in [6.07, 6.45) is 0.901. The summed E-state index contributed by atoms with van der Waals surface area (Å²) in [7, 11) is 1.24. The number of carbonyl (C=O) groups is 3. The summed E-state index contributed by atoms with van der Waals surface area (Å²) in [4.78, 5) is 57.4. The summed E-state index contributed by atoms with van der Waals surface area (Å²) >= 11 is 1.56. The second-order valence-electron chi connectivity index (χ2n) is 11.8. The van der Waals surface area contributed by atoms with E-state index in [1.807, 2.05) is 40.7 Å². The van der Waals surface area contributed by atoms with Gasteiger partial charge in [-0.1, -0.05) is 30.3 Å². The molecule has 2 amide bonds. The van der Waals surface area contributed by atoms with Gasteiger partial charge in [0, 0.05) is 35.8 Å². The maximum Gasteiger partial charge on any atom is 0.416 e. The Morgan fingerprint density at radius 1 is 1.00 bits per heavy atom. The summed E-state index contributed by atoms with van der Waals surface area (Å²) in [6, 6.07) is 14.4. The minimum atomic E-state index is -0.919. The van der Waals surface area contributed by atoms with Crippen LogP contribution in [0, 0.1) is 5.82 Å². The molecular formula is C34H29FN4O7S. The second-order valence-corrected chi connectivity index (χ2v) is 12.7. The number of benzene rings is 2. The number of hydrogen-bond acceptors (Lipinski definition) is 9. The standard InChI is InChI=1S/C34H29FN4O7S/c1-44-33(42)25-7-4-12-36(25)34(43)46-30-26(40)10-13-38-29(30)32(41)37-14-15-45-18-27(37)39(38)28-20-5-2-3-6-22(20)31-23(11-16-47-31)24-17-19(35)8-9-21(24)28/h2-3,5-6,8-11,13,16-17,25,27-28H,4,7,12,14-15,18H2,1H3/t25?,27-,28?/m1/s1. The Morgan fingerprint density at radius 3 is 2.68 bits per heavy atom. The molecule has 0 saturated carbocycles. The lowest BCUT2D eigenvalue weighted by atomic mass is 9.92. The van der Waals surface area contributed by atoms with Crippen LogP contribution in [0.25, 0.3) is 21.6 Å². The molecule has 4 aromatic rings. The van der Waals surface area contributed by atoms with Crippen LogP contribution in [0.1, 0.15) is 40.5 Å². The van der Waals surface area contributed by atoms with Crippen LogP contribution in [0.5, 0.6) is 5.75 Å². The van der Waals surface area contributed by atoms with Crippen molar-refractivity contribution in [1.82, 2.24) is 14.5 Å². The predicted octanol–water partition coefficient (Wildman–Crippen LogP) is 4.37. The van der Waals surface area contributed by atoms with E-state index < -0.39 is 47.4 Å². The minimum absolute atomic E-state index is 0.127. The zero-order chi connectivity index (χ0) is 32.4. The van der Waals surface area contributed by atoms with Gasteiger partial charge in [0.05, 0.1) is 26.4 Å². The third-order valence-corrected chi connectivity index (χ3v) is 10.3. The molecule has 2 fully saturated rings. The van der Waals surface area contributed by atoms with Gasteiger partial charge in [0.2, 0.25) is 11.2 Å². The second kappa shape index (κ2) is 11.4. The number of methoxy groups -OCH3 is 1. The molecule has 8 rings (SSSR count). The Bertz CT molecular complexity index is 2010. The first-order chi connectivity index (χ1) is 22.9. The minimum Gasteiger partial charge on any atom is -0.467 e. The zero-order valence-corrected chi connectivity index (χ0v) is 26.1. The van der Waals surface area contributed by atoms with Gasteiger partial charge < -0.3 is 19.1 Å². The summed E-state index contributed by atoms with van der Waals surface area (Å²) in [5.41, 5.74) is 3.46. The van der Waals surface area contributed by atoms with Crippen LogP contribution >= 0.6 is 11.3 Å². The molecule has 5 heterocycles. The van der Waals surface area contributed by atoms with Crippen molar-refractivity contribution in [3.63, 3.8) is 0 Å². The fourth-order valence-electron chi connectivity index (χ4n) is 7.26. The Kier molecular flexibility index (Phi) is 7.10. The highest BCUT2D eigenvalue weighted by Crippen LogP contribution is 2.50. The molecule has 47 heavy (non-hydrogen) atoms. The molecule has 0 spiro atoms. The zero-order valence-electron chi connectivity index (χ0n) is 25.3. The van der Waals surface area contributed by atoms with E-state index in [1.54, 1.807) is 27.0 Å². The lowest BCUT2D eigenvalue weighted by Crippen LogP contribution is -2.66. The summed E-state index contributed by atoms with van der Waals surface area (Å²) in [5, 5.41) is 3.93. The lowest BCUT2D eigenvalue weighted by molar-refractivity contribution is -0.145. The molecule has 2 saturated heterocycles. The van der Waals surface area contributed by atoms with Crippen LogP contribution in [0.4, 0.5) is 9.18 Å². The number of morpholine rings is 1. The summed E-state index contributed by atoms with van der Waals surface area (Å²) in [6.45, 7) is 0.900. The highest BCUT2D eigenvalue weighted by atomic mass is 32.1. The first-order valence-corrected chi connectivity index (χ1v) is 16.2. The van der Waals surface area contributed by atoms with E-state index >= 15 is 0 Å². The number of pyridine rings is 1. The fourth-order valence-corrected chi connectivity index (χ4v) is 8.21. The average Bonchev–Trinajstić information content (AvgIpc) is 3.77. The predicted molar refractivity (Wildman–Crippen MR) is 169 cm³/mol. The molecule has 11 nitrogen and oxygen atoms in total. The first-order valence-electron chi connectivity index (χ1n) is 15.3. The van der Waals surface area contributed by atoms with Gasteiger partial charge in [-0.15, -0.1) is 11.3 Å². The van der Waals surface area contributed by atoms with E-state index in [0.29, 0.717) is 18.4 Å². The third-order valence-electron chi connectivity index (χ3n) is 9.34. The number of ether oxygens (including phenoxy) is 3. The normalized spacial score (nSPS) is 21.2. The molecule has 13 heteroatoms. The van der Waals surface area contributed by atoms with Gasteiger partial charge in [0.1, 0.15) is 18.0 Å². The molecule has 1 aliphatic carbocycles. The summed E-state index contributed by atoms with van der Waals surface area (Å²) in [5.74, 6) is -1.90. The van der Waals surface area contributed by atoms with Crippen LogP contribution in [0.3, 0.4) is 0 Å². The number of amides is 2. The maximum atomic E-state index is 14.9. The van der Waals surface area contributed by atoms with E-state index in [9.17, 15) is 23.6 Å². The molecule has 3 atom stereocenters. The molecule has 2 unspecified atom stereocenters. The van der Waals surface area contributed by atoms with Crippen LogP contribution in [-0.4, -0.2) is 78.1 Å². The molecule has 2 aromatic heterocycles. The highest BCUT2D eigenvalue weighted by molar-refractivity contribution is 7.14. The van der Waals surface area contributed by atoms with Gasteiger partial charge in [-0.2, -0.15) is 0 Å². The molecule has 240 valence electrons. The van der Waals surface area contributed by atoms with Crippen molar-refractivity contribution >= 4 is 29.3 Å². The van der Waals surface area contributed by atoms with E-state index in [4.69, 9.17) is 14.2 Å². The fraction of sp³-hybridized carbons (Fsp3) is 0.294. The molecule has 0 radical (unpaired) electrons. The van der Waals surface area contributed by atoms with Gasteiger partial charge in [0.15, 0.2) is 5.69 Å². The molecule has 4 aliphatic rings. The topological polar surface area (TPSA) is 111 Å². The largest absolute Gasteiger partial charge is 0.467 e. The first kappa shape index (κ1) is 29.4. The highest BCUT2D eigenvalue weighted by Gasteiger charge is 2.47. The van der Waals surface area contributed by atoms with Crippen molar-refractivity contribution < 1.29 is 33.0 Å². The Hall–Kier alpha value is -5.01. The molecule has 2 aromatic carbocycles. The third kappa shape index (κ3) is 4.55. The van der Waals surface area contributed by atoms with Gasteiger partial charge in [-0.05, 0) is 58.7 Å². The van der Waals surface area contributed by atoms with Crippen LogP contribution in [0.2, 0.25) is 0 Å². The number of rotatable bonds is 3. The number of nitrogens with zero attached hydrogens (tertiary/aromatic N) is 4. The monoisotopic (exact) mass is 656 g/mol. The summed E-state index contributed by atoms with van der Waals surface area (Å²) < 4.78 is 33.0. The number of likely N-dealkylation sites (tertiary alicyclic amines) is 1. The van der Waals surface area contributed by atoms with Crippen LogP contribution in [-0.2, 0) is 14.3 Å². The number of carbonyl (C=O) groups excluding carboxylic acids is 3. The van der Waals surface area contributed by atoms with Crippen molar-refractivity contribution in [1.29, 1.82) is 0 Å². The van der Waals surface area contributed by atoms with Gasteiger partial charge >= 0.3 is 12.1 Å². The van der Waals surface area contributed by atoms with Crippen molar-refractivity contribution in [3.8, 4) is 27.3 Å². The van der Waals surface area contributed by atoms with Crippen LogP contribution in [0.15, 0.2) is 71.0 Å². The number of hydrogen-bond donors (Lipinski definition) is 0. The van der Waals surface area contributed by atoms with E-state index in [1.165, 1.54) is 36.4 Å². The van der Waals surface area contributed by atoms with E-state index in [-0.39, 0.29) is 37.8 Å². The molecule has 3 aliphatic heterocycles. The lowest BCUT2D eigenvalue weighted by Gasteiger charge is -2.51. The van der Waals surface area contributed by atoms with Crippen LogP contribution < -0.4 is 15.2 Å². The molecule has 0 N–H and O–H groups in total. The number of halogens is 1. The SMILES string of the molecule is COC(=O)C1CCCN1C(=O)Oc1c2n(ccc1=O)N(C1c3ccc(F)cc3-c3ccsc3-c3ccccc31)[C@@H]1COCCN1C2=O. The van der Waals surface area contributed by atoms with Crippen molar-refractivity contribution in [2.45, 2.75) is 31.1 Å². The van der Waals surface area contributed by atoms with Gasteiger partial charge in [-0.25, -0.2) is 14.0 Å². The number of fused-ring (bicyclic) bond motifs is 7. The number of aromatic nitrogens is 1. The van der Waals surface area contributed by atoms with Crippen molar-refractivity contribution in [2.24, 2.45) is 0 Å². The Balaban J connectivity index is 1.33. The molecular weight excluding hydrogens is 627 g/mol. The van der Waals surface area contributed by atoms with Gasteiger partial charge in [-0.3, -0.25) is 24.2 Å². The average molecular weight is 657 g/mol. The Labute approximate surface area is 272 Å². The van der Waals surface area contributed by atoms with Gasteiger partial charge in [0.25, 0.3) is 5.91 Å². The Morgan fingerprint density at radius 2 is 1.83 bits per heavy atom. The van der Waals surface area contributed by atoms with E-state index in [2.05, 4.69) is 0 Å². The number of esters is 1. The number of thiophene rings is 1. The van der Waals surface area contributed by atoms with E-state index in [0.717, 1.165) is 27.1 Å².